The van der Waals surface area contributed by atoms with Crippen LogP contribution in [0, 0.1) is 6.92 Å². The summed E-state index contributed by atoms with van der Waals surface area (Å²) < 4.78 is 28.1. The van der Waals surface area contributed by atoms with Gasteiger partial charge in [-0.25, -0.2) is 13.4 Å². The molecule has 5 aromatic rings. The minimum absolute atomic E-state index is 0.155. The number of sulfone groups is 1. The van der Waals surface area contributed by atoms with Gasteiger partial charge in [0.1, 0.15) is 5.82 Å². The van der Waals surface area contributed by atoms with E-state index in [0.29, 0.717) is 11.3 Å². The van der Waals surface area contributed by atoms with Gasteiger partial charge in [0.15, 0.2) is 5.65 Å². The molecule has 2 aromatic heterocycles. The summed E-state index contributed by atoms with van der Waals surface area (Å²) in [7, 11) is -3.90. The second-order valence-electron chi connectivity index (χ2n) is 7.28. The van der Waals surface area contributed by atoms with E-state index >= 15 is 0 Å². The van der Waals surface area contributed by atoms with Crippen molar-refractivity contribution in [1.82, 2.24) is 19.8 Å². The fourth-order valence-corrected chi connectivity index (χ4v) is 5.17. The number of aromatic nitrogens is 4. The first kappa shape index (κ1) is 20.5. The predicted octanol–water partition coefficient (Wildman–Crippen LogP) is 4.88. The summed E-state index contributed by atoms with van der Waals surface area (Å²) in [5, 5.41) is 12.1. The maximum atomic E-state index is 13.3. The number of hydrogen-bond donors (Lipinski definition) is 1. The first-order chi connectivity index (χ1) is 15.5. The van der Waals surface area contributed by atoms with Crippen LogP contribution in [-0.2, 0) is 9.84 Å². The highest BCUT2D eigenvalue weighted by atomic mass is 32.2. The molecule has 0 fully saturated rings. The van der Waals surface area contributed by atoms with Crippen LogP contribution < -0.4 is 5.32 Å². The van der Waals surface area contributed by atoms with Crippen LogP contribution >= 0.6 is 11.8 Å². The molecule has 0 atom stereocenters. The van der Waals surface area contributed by atoms with Gasteiger partial charge in [-0.1, -0.05) is 41.1 Å². The van der Waals surface area contributed by atoms with Crippen molar-refractivity contribution in [3.63, 3.8) is 0 Å². The minimum atomic E-state index is -3.90. The molecule has 0 bridgehead atoms. The average Bonchev–Trinajstić information content (AvgIpc) is 3.25. The van der Waals surface area contributed by atoms with E-state index in [1.165, 1.54) is 4.52 Å². The SMILES string of the molecule is CSc1cccc(Nc2nc3c(S(=O)(=O)c4ccc(C)cc4)nnn3c3ccccc23)c1. The van der Waals surface area contributed by atoms with Gasteiger partial charge < -0.3 is 5.32 Å². The molecule has 0 amide bonds. The molecule has 3 aromatic carbocycles. The van der Waals surface area contributed by atoms with Crippen LogP contribution in [0.5, 0.6) is 0 Å². The summed E-state index contributed by atoms with van der Waals surface area (Å²) in [6.07, 6.45) is 2.01. The average molecular weight is 462 g/mol. The zero-order valence-corrected chi connectivity index (χ0v) is 19.0. The van der Waals surface area contributed by atoms with Crippen LogP contribution in [0.15, 0.2) is 87.6 Å². The molecular weight excluding hydrogens is 442 g/mol. The number of benzene rings is 3. The normalized spacial score (nSPS) is 11.8. The third-order valence-electron chi connectivity index (χ3n) is 5.14. The molecule has 5 rings (SSSR count). The number of thioether (sulfide) groups is 1. The maximum Gasteiger partial charge on any atom is 0.229 e. The Balaban J connectivity index is 1.72. The lowest BCUT2D eigenvalue weighted by Crippen LogP contribution is -2.05. The fraction of sp³-hybridized carbons (Fsp3) is 0.0870. The Morgan fingerprint density at radius 3 is 2.53 bits per heavy atom. The molecule has 7 nitrogen and oxygen atoms in total. The van der Waals surface area contributed by atoms with Gasteiger partial charge in [-0.3, -0.25) is 0 Å². The van der Waals surface area contributed by atoms with Crippen LogP contribution in [-0.4, -0.2) is 34.5 Å². The quantitative estimate of drug-likeness (QED) is 0.373. The molecule has 0 aliphatic carbocycles. The van der Waals surface area contributed by atoms with Gasteiger partial charge in [0.25, 0.3) is 0 Å². The summed E-state index contributed by atoms with van der Waals surface area (Å²) in [5.74, 6) is 0.536. The molecule has 9 heteroatoms. The smallest absolute Gasteiger partial charge is 0.229 e. The Morgan fingerprint density at radius 2 is 1.75 bits per heavy atom. The van der Waals surface area contributed by atoms with E-state index in [1.807, 2.05) is 61.7 Å². The minimum Gasteiger partial charge on any atom is -0.340 e. The number of aryl methyl sites for hydroxylation is 1. The van der Waals surface area contributed by atoms with Gasteiger partial charge in [-0.15, -0.1) is 16.9 Å². The summed E-state index contributed by atoms with van der Waals surface area (Å²) in [6.45, 7) is 1.90. The number of anilines is 2. The molecule has 1 N–H and O–H groups in total. The molecule has 0 aliphatic heterocycles. The summed E-state index contributed by atoms with van der Waals surface area (Å²) in [6, 6.07) is 22.2. The lowest BCUT2D eigenvalue weighted by molar-refractivity contribution is 0.592. The first-order valence-corrected chi connectivity index (χ1v) is 12.5. The number of rotatable bonds is 5. The molecule has 160 valence electrons. The Labute approximate surface area is 189 Å². The highest BCUT2D eigenvalue weighted by Crippen LogP contribution is 2.30. The van der Waals surface area contributed by atoms with E-state index in [-0.39, 0.29) is 15.6 Å². The molecule has 0 saturated heterocycles. The van der Waals surface area contributed by atoms with Gasteiger partial charge in [0.05, 0.1) is 10.4 Å². The van der Waals surface area contributed by atoms with Crippen molar-refractivity contribution in [2.24, 2.45) is 0 Å². The Kier molecular flexibility index (Phi) is 5.07. The third kappa shape index (κ3) is 3.49. The predicted molar refractivity (Wildman–Crippen MR) is 126 cm³/mol. The standard InChI is InChI=1S/C23H19N5O2S2/c1-15-10-12-18(13-11-15)32(29,30)23-22-25-21(24-16-6-5-7-17(14-16)31-2)19-8-3-4-9-20(19)28(22)27-26-23/h3-14H,1-2H3,(H,24,25). The van der Waals surface area contributed by atoms with E-state index in [1.54, 1.807) is 36.0 Å². The van der Waals surface area contributed by atoms with Gasteiger partial charge in [0.2, 0.25) is 14.9 Å². The maximum absolute atomic E-state index is 13.3. The van der Waals surface area contributed by atoms with Crippen molar-refractivity contribution in [2.45, 2.75) is 21.7 Å². The molecule has 32 heavy (non-hydrogen) atoms. The lowest BCUT2D eigenvalue weighted by Gasteiger charge is -2.11. The first-order valence-electron chi connectivity index (χ1n) is 9.84. The summed E-state index contributed by atoms with van der Waals surface area (Å²) >= 11 is 1.64. The van der Waals surface area contributed by atoms with Crippen molar-refractivity contribution in [3.8, 4) is 0 Å². The number of nitrogens with zero attached hydrogens (tertiary/aromatic N) is 4. The summed E-state index contributed by atoms with van der Waals surface area (Å²) in [5.41, 5.74) is 2.71. The van der Waals surface area contributed by atoms with E-state index < -0.39 is 9.84 Å². The van der Waals surface area contributed by atoms with Crippen molar-refractivity contribution in [1.29, 1.82) is 0 Å². The Morgan fingerprint density at radius 1 is 0.969 bits per heavy atom. The van der Waals surface area contributed by atoms with Gasteiger partial charge in [-0.2, -0.15) is 4.52 Å². The lowest BCUT2D eigenvalue weighted by atomic mass is 10.2. The van der Waals surface area contributed by atoms with Crippen LogP contribution in [0.2, 0.25) is 0 Å². The number of nitrogens with one attached hydrogen (secondary N) is 1. The largest absolute Gasteiger partial charge is 0.340 e. The van der Waals surface area contributed by atoms with Crippen molar-refractivity contribution in [2.75, 3.05) is 11.6 Å². The molecule has 0 radical (unpaired) electrons. The summed E-state index contributed by atoms with van der Waals surface area (Å²) in [4.78, 5) is 5.93. The monoisotopic (exact) mass is 461 g/mol. The van der Waals surface area contributed by atoms with Crippen LogP contribution in [0.4, 0.5) is 11.5 Å². The van der Waals surface area contributed by atoms with Crippen molar-refractivity contribution in [3.05, 3.63) is 78.4 Å². The van der Waals surface area contributed by atoms with Crippen molar-refractivity contribution < 1.29 is 8.42 Å². The van der Waals surface area contributed by atoms with Gasteiger partial charge >= 0.3 is 0 Å². The molecule has 0 spiro atoms. The number of hydrogen-bond acceptors (Lipinski definition) is 7. The number of para-hydroxylation sites is 1. The highest BCUT2D eigenvalue weighted by molar-refractivity contribution is 7.98. The van der Waals surface area contributed by atoms with Gasteiger partial charge in [-0.05, 0) is 55.6 Å². The molecule has 0 saturated carbocycles. The van der Waals surface area contributed by atoms with E-state index in [9.17, 15) is 8.42 Å². The Bertz CT molecular complexity index is 1560. The van der Waals surface area contributed by atoms with E-state index in [0.717, 1.165) is 21.5 Å². The fourth-order valence-electron chi connectivity index (χ4n) is 3.48. The molecule has 2 heterocycles. The highest BCUT2D eigenvalue weighted by Gasteiger charge is 2.27. The van der Waals surface area contributed by atoms with Crippen LogP contribution in [0.1, 0.15) is 5.56 Å². The zero-order chi connectivity index (χ0) is 22.3. The second-order valence-corrected chi connectivity index (χ2v) is 10.0. The topological polar surface area (TPSA) is 89.2 Å². The third-order valence-corrected chi connectivity index (χ3v) is 7.53. The van der Waals surface area contributed by atoms with E-state index in [2.05, 4.69) is 20.6 Å². The van der Waals surface area contributed by atoms with E-state index in [4.69, 9.17) is 0 Å². The Hall–Kier alpha value is -3.43. The molecule has 0 aliphatic rings. The zero-order valence-electron chi connectivity index (χ0n) is 17.4. The van der Waals surface area contributed by atoms with Crippen molar-refractivity contribution >= 4 is 49.7 Å². The number of fused-ring (bicyclic) bond motifs is 3. The second kappa shape index (κ2) is 7.92. The van der Waals surface area contributed by atoms with Crippen LogP contribution in [0.25, 0.3) is 16.6 Å². The molecular formula is C23H19N5O2S2. The van der Waals surface area contributed by atoms with Gasteiger partial charge in [0, 0.05) is 16.0 Å². The van der Waals surface area contributed by atoms with Crippen LogP contribution in [0.3, 0.4) is 0 Å². The molecule has 0 unspecified atom stereocenters.